The molecule has 0 radical (unpaired) electrons. The zero-order valence-electron chi connectivity index (χ0n) is 16.8. The normalized spacial score (nSPS) is 23.0. The van der Waals surface area contributed by atoms with Crippen molar-refractivity contribution in [3.8, 4) is 0 Å². The molecule has 3 rings (SSSR count). The molecule has 8 nitrogen and oxygen atoms in total. The van der Waals surface area contributed by atoms with Crippen LogP contribution in [0.25, 0.3) is 0 Å². The SMILES string of the molecule is CN=C(NCCC(=O)N1CCN(c2ncccn2)CC1)NC1CCC(SC)C1. The lowest BCUT2D eigenvalue weighted by Crippen LogP contribution is -2.50. The predicted molar refractivity (Wildman–Crippen MR) is 115 cm³/mol. The summed E-state index contributed by atoms with van der Waals surface area (Å²) in [6, 6.07) is 2.29. The molecule has 1 aromatic rings. The monoisotopic (exact) mass is 405 g/mol. The van der Waals surface area contributed by atoms with Gasteiger partial charge in [-0.3, -0.25) is 9.79 Å². The zero-order chi connectivity index (χ0) is 19.8. The number of rotatable bonds is 6. The highest BCUT2D eigenvalue weighted by Crippen LogP contribution is 2.27. The molecule has 154 valence electrons. The van der Waals surface area contributed by atoms with Crippen LogP contribution in [-0.2, 0) is 4.79 Å². The molecular formula is C19H31N7OS. The molecule has 1 saturated carbocycles. The fourth-order valence-corrected chi connectivity index (χ4v) is 4.53. The van der Waals surface area contributed by atoms with Crippen molar-refractivity contribution in [1.29, 1.82) is 0 Å². The molecule has 2 unspecified atom stereocenters. The van der Waals surface area contributed by atoms with E-state index in [9.17, 15) is 4.79 Å². The van der Waals surface area contributed by atoms with Gasteiger partial charge in [0.25, 0.3) is 0 Å². The van der Waals surface area contributed by atoms with Crippen LogP contribution in [-0.4, -0.2) is 84.1 Å². The fourth-order valence-electron chi connectivity index (χ4n) is 3.73. The minimum atomic E-state index is 0.180. The van der Waals surface area contributed by atoms with Crippen LogP contribution in [0, 0.1) is 0 Å². The molecule has 2 heterocycles. The summed E-state index contributed by atoms with van der Waals surface area (Å²) in [6.07, 6.45) is 9.77. The highest BCUT2D eigenvalue weighted by Gasteiger charge is 2.25. The Labute approximate surface area is 171 Å². The van der Waals surface area contributed by atoms with Crippen molar-refractivity contribution in [2.75, 3.05) is 50.9 Å². The van der Waals surface area contributed by atoms with E-state index >= 15 is 0 Å². The lowest BCUT2D eigenvalue weighted by atomic mass is 10.2. The minimum Gasteiger partial charge on any atom is -0.356 e. The molecular weight excluding hydrogens is 374 g/mol. The van der Waals surface area contributed by atoms with Gasteiger partial charge in [0.05, 0.1) is 0 Å². The third-order valence-corrected chi connectivity index (χ3v) is 6.48. The Hall–Kier alpha value is -2.03. The van der Waals surface area contributed by atoms with Crippen molar-refractivity contribution in [3.05, 3.63) is 18.5 Å². The number of hydrogen-bond acceptors (Lipinski definition) is 6. The summed E-state index contributed by atoms with van der Waals surface area (Å²) in [4.78, 5) is 29.4. The van der Waals surface area contributed by atoms with Gasteiger partial charge in [0, 0.05) is 69.9 Å². The van der Waals surface area contributed by atoms with Crippen LogP contribution in [0.2, 0.25) is 0 Å². The van der Waals surface area contributed by atoms with E-state index in [0.29, 0.717) is 32.1 Å². The van der Waals surface area contributed by atoms with E-state index in [0.717, 1.165) is 30.2 Å². The standard InChI is InChI=1S/C19H31N7OS/c1-20-18(24-15-4-5-16(14-15)28-2)21-9-6-17(27)25-10-12-26(13-11-25)19-22-7-3-8-23-19/h3,7-8,15-16H,4-6,9-14H2,1-2H3,(H2,20,21,24). The van der Waals surface area contributed by atoms with Gasteiger partial charge in [-0.15, -0.1) is 0 Å². The first-order valence-electron chi connectivity index (χ1n) is 9.99. The molecule has 1 aliphatic carbocycles. The van der Waals surface area contributed by atoms with Crippen LogP contribution in [0.4, 0.5) is 5.95 Å². The van der Waals surface area contributed by atoms with Gasteiger partial charge in [-0.05, 0) is 31.6 Å². The van der Waals surface area contributed by atoms with E-state index < -0.39 is 0 Å². The largest absolute Gasteiger partial charge is 0.356 e. The number of nitrogens with zero attached hydrogens (tertiary/aromatic N) is 5. The topological polar surface area (TPSA) is 85.8 Å². The van der Waals surface area contributed by atoms with Crippen molar-refractivity contribution < 1.29 is 4.79 Å². The van der Waals surface area contributed by atoms with Crippen molar-refractivity contribution in [1.82, 2.24) is 25.5 Å². The molecule has 9 heteroatoms. The summed E-state index contributed by atoms with van der Waals surface area (Å²) in [7, 11) is 1.78. The predicted octanol–water partition coefficient (Wildman–Crippen LogP) is 0.964. The van der Waals surface area contributed by atoms with Gasteiger partial charge < -0.3 is 20.4 Å². The Morgan fingerprint density at radius 1 is 1.25 bits per heavy atom. The molecule has 2 N–H and O–H groups in total. The van der Waals surface area contributed by atoms with Gasteiger partial charge in [0.1, 0.15) is 0 Å². The number of piperazine rings is 1. The van der Waals surface area contributed by atoms with Gasteiger partial charge in [0.2, 0.25) is 11.9 Å². The summed E-state index contributed by atoms with van der Waals surface area (Å²) < 4.78 is 0. The van der Waals surface area contributed by atoms with E-state index in [4.69, 9.17) is 0 Å². The van der Waals surface area contributed by atoms with Crippen LogP contribution in [0.15, 0.2) is 23.5 Å². The third kappa shape index (κ3) is 5.73. The number of amides is 1. The second-order valence-corrected chi connectivity index (χ2v) is 8.32. The molecule has 2 atom stereocenters. The Balaban J connectivity index is 1.35. The highest BCUT2D eigenvalue weighted by atomic mass is 32.2. The molecule has 1 amide bonds. The van der Waals surface area contributed by atoms with E-state index in [2.05, 4.69) is 36.7 Å². The first kappa shape index (κ1) is 20.7. The number of aliphatic imine (C=N–C) groups is 1. The Bertz CT molecular complexity index is 649. The number of thioether (sulfide) groups is 1. The van der Waals surface area contributed by atoms with Crippen molar-refractivity contribution in [3.63, 3.8) is 0 Å². The Morgan fingerprint density at radius 2 is 2.00 bits per heavy atom. The highest BCUT2D eigenvalue weighted by molar-refractivity contribution is 7.99. The second kappa shape index (κ2) is 10.5. The number of guanidine groups is 1. The average molecular weight is 406 g/mol. The van der Waals surface area contributed by atoms with Crippen LogP contribution < -0.4 is 15.5 Å². The molecule has 2 aliphatic rings. The minimum absolute atomic E-state index is 0.180. The van der Waals surface area contributed by atoms with Crippen molar-refractivity contribution in [2.45, 2.75) is 37.0 Å². The average Bonchev–Trinajstić information content (AvgIpc) is 3.21. The van der Waals surface area contributed by atoms with Gasteiger partial charge in [-0.1, -0.05) is 0 Å². The molecule has 1 aliphatic heterocycles. The summed E-state index contributed by atoms with van der Waals surface area (Å²) in [5.41, 5.74) is 0. The smallest absolute Gasteiger partial charge is 0.225 e. The molecule has 1 saturated heterocycles. The molecule has 2 fully saturated rings. The number of anilines is 1. The van der Waals surface area contributed by atoms with Gasteiger partial charge in [-0.25, -0.2) is 9.97 Å². The number of aromatic nitrogens is 2. The maximum absolute atomic E-state index is 12.5. The number of carbonyl (C=O) groups is 1. The van der Waals surface area contributed by atoms with Crippen LogP contribution in [0.1, 0.15) is 25.7 Å². The number of hydrogen-bond donors (Lipinski definition) is 2. The lowest BCUT2D eigenvalue weighted by molar-refractivity contribution is -0.131. The molecule has 0 spiro atoms. The van der Waals surface area contributed by atoms with Gasteiger partial charge in [-0.2, -0.15) is 11.8 Å². The van der Waals surface area contributed by atoms with Gasteiger partial charge >= 0.3 is 0 Å². The first-order valence-corrected chi connectivity index (χ1v) is 11.3. The summed E-state index contributed by atoms with van der Waals surface area (Å²) in [5, 5.41) is 7.52. The molecule has 28 heavy (non-hydrogen) atoms. The second-order valence-electron chi connectivity index (χ2n) is 7.18. The summed E-state index contributed by atoms with van der Waals surface area (Å²) >= 11 is 1.95. The van der Waals surface area contributed by atoms with E-state index in [1.807, 2.05) is 22.7 Å². The molecule has 1 aromatic heterocycles. The maximum Gasteiger partial charge on any atom is 0.225 e. The van der Waals surface area contributed by atoms with E-state index in [1.54, 1.807) is 19.4 Å². The Kier molecular flexibility index (Phi) is 7.76. The summed E-state index contributed by atoms with van der Waals surface area (Å²) in [6.45, 7) is 3.55. The number of carbonyl (C=O) groups excluding carboxylic acids is 1. The zero-order valence-corrected chi connectivity index (χ0v) is 17.6. The van der Waals surface area contributed by atoms with E-state index in [1.165, 1.54) is 19.3 Å². The lowest BCUT2D eigenvalue weighted by Gasteiger charge is -2.34. The summed E-state index contributed by atoms with van der Waals surface area (Å²) in [5.74, 6) is 1.72. The third-order valence-electron chi connectivity index (χ3n) is 5.38. The fraction of sp³-hybridized carbons (Fsp3) is 0.684. The molecule has 0 bridgehead atoms. The quantitative estimate of drug-likeness (QED) is 0.539. The first-order chi connectivity index (χ1) is 13.7. The van der Waals surface area contributed by atoms with Crippen LogP contribution in [0.3, 0.4) is 0 Å². The maximum atomic E-state index is 12.5. The van der Waals surface area contributed by atoms with Crippen LogP contribution >= 0.6 is 11.8 Å². The number of nitrogens with one attached hydrogen (secondary N) is 2. The van der Waals surface area contributed by atoms with Crippen molar-refractivity contribution >= 4 is 29.6 Å². The van der Waals surface area contributed by atoms with Crippen molar-refractivity contribution in [2.24, 2.45) is 4.99 Å². The van der Waals surface area contributed by atoms with Gasteiger partial charge in [0.15, 0.2) is 5.96 Å². The Morgan fingerprint density at radius 3 is 2.64 bits per heavy atom. The van der Waals surface area contributed by atoms with Crippen LogP contribution in [0.5, 0.6) is 0 Å². The van der Waals surface area contributed by atoms with E-state index in [-0.39, 0.29) is 5.91 Å². The molecule has 0 aromatic carbocycles.